The van der Waals surface area contributed by atoms with Crippen LogP contribution in [0.5, 0.6) is 5.75 Å². The second kappa shape index (κ2) is 13.9. The molecule has 152 valence electrons. The number of hydrogen-bond donors (Lipinski definition) is 1. The average molecular weight is 423 g/mol. The van der Waals surface area contributed by atoms with Gasteiger partial charge in [-0.25, -0.2) is 8.42 Å². The summed E-state index contributed by atoms with van der Waals surface area (Å²) in [4.78, 5) is 24.0. The third kappa shape index (κ3) is 11.0. The van der Waals surface area contributed by atoms with Gasteiger partial charge in [0.1, 0.15) is 5.75 Å². The molecule has 0 spiro atoms. The predicted molar refractivity (Wildman–Crippen MR) is 100.0 cm³/mol. The topological polar surface area (TPSA) is 124 Å². The van der Waals surface area contributed by atoms with E-state index in [0.29, 0.717) is 44.5 Å². The average Bonchev–Trinajstić information content (AvgIpc) is 2.59. The van der Waals surface area contributed by atoms with Gasteiger partial charge < -0.3 is 19.3 Å². The molecule has 0 heterocycles. The van der Waals surface area contributed by atoms with Crippen LogP contribution < -0.4 is 34.5 Å². The summed E-state index contributed by atoms with van der Waals surface area (Å²) < 4.78 is 37.3. The molecule has 0 saturated heterocycles. The number of carbonyl (C=O) groups is 2. The number of aromatic hydroxyl groups is 1. The summed E-state index contributed by atoms with van der Waals surface area (Å²) in [5, 5.41) is 9.86. The van der Waals surface area contributed by atoms with E-state index < -0.39 is 15.9 Å². The molecule has 1 aromatic rings. The van der Waals surface area contributed by atoms with Gasteiger partial charge in [0.05, 0.1) is 22.3 Å². The van der Waals surface area contributed by atoms with Crippen molar-refractivity contribution >= 4 is 28.1 Å². The summed E-state index contributed by atoms with van der Waals surface area (Å²) in [5.74, 6) is -0.860. The van der Waals surface area contributed by atoms with Crippen LogP contribution in [0.15, 0.2) is 18.2 Å². The molecular weight excluding hydrogens is 397 g/mol. The molecule has 0 atom stereocenters. The molecule has 0 fully saturated rings. The monoisotopic (exact) mass is 423 g/mol. The van der Waals surface area contributed by atoms with Crippen molar-refractivity contribution < 1.29 is 62.0 Å². The maximum absolute atomic E-state index is 11.3. The van der Waals surface area contributed by atoms with Crippen molar-refractivity contribution in [3.8, 4) is 5.75 Å². The third-order valence-corrected chi connectivity index (χ3v) is 4.73. The van der Waals surface area contributed by atoms with Crippen molar-refractivity contribution in [2.45, 2.75) is 39.0 Å². The number of anilines is 1. The zero-order chi connectivity index (χ0) is 20.3. The molecule has 1 rings (SSSR count). The number of carbonyl (C=O) groups excluding carboxylic acids is 2. The van der Waals surface area contributed by atoms with Gasteiger partial charge in [-0.15, -0.1) is 0 Å². The second-order valence-electron chi connectivity index (χ2n) is 6.08. The van der Waals surface area contributed by atoms with Gasteiger partial charge in [0.2, 0.25) is 0 Å². The van der Waals surface area contributed by atoms with Gasteiger partial charge in [-0.3, -0.25) is 9.59 Å². The fraction of sp³-hybridized carbons (Fsp3) is 0.556. The van der Waals surface area contributed by atoms with Crippen molar-refractivity contribution in [2.24, 2.45) is 0 Å². The molecule has 8 nitrogen and oxygen atoms in total. The van der Waals surface area contributed by atoms with E-state index in [2.05, 4.69) is 0 Å². The fourth-order valence-electron chi connectivity index (χ4n) is 2.61. The van der Waals surface area contributed by atoms with Gasteiger partial charge >= 0.3 is 35.5 Å². The Bertz CT molecular complexity index is 725. The summed E-state index contributed by atoms with van der Waals surface area (Å²) >= 11 is 0. The van der Waals surface area contributed by atoms with Crippen molar-refractivity contribution in [2.75, 3.05) is 30.3 Å². The van der Waals surface area contributed by atoms with E-state index in [-0.39, 0.29) is 53.3 Å². The zero-order valence-electron chi connectivity index (χ0n) is 16.4. The Kier molecular flexibility index (Phi) is 13.4. The standard InChI is InChI=1S/C18H27NO7S.Na/c1-2-26-18(22)7-4-3-5-10-19(11-6-12-27(23,24)25)16-9-8-15(14-20)17(21)13-16;/h8-9,13-14,21H,2-7,10-12H2,1H3,(H,23,24,25);/q;+1/p-1. The first kappa shape index (κ1) is 26.9. The number of benzene rings is 1. The molecule has 1 aromatic carbocycles. The Morgan fingerprint density at radius 2 is 1.89 bits per heavy atom. The molecule has 1 N–H and O–H groups in total. The zero-order valence-corrected chi connectivity index (χ0v) is 19.2. The number of ether oxygens (including phenoxy) is 1. The Morgan fingerprint density at radius 1 is 1.21 bits per heavy atom. The molecule has 0 saturated carbocycles. The molecule has 0 aliphatic carbocycles. The van der Waals surface area contributed by atoms with Crippen molar-refractivity contribution in [1.82, 2.24) is 0 Å². The van der Waals surface area contributed by atoms with Gasteiger partial charge in [0.15, 0.2) is 6.29 Å². The quantitative estimate of drug-likeness (QED) is 0.142. The van der Waals surface area contributed by atoms with Crippen LogP contribution >= 0.6 is 0 Å². The molecule has 0 radical (unpaired) electrons. The minimum absolute atomic E-state index is 0. The van der Waals surface area contributed by atoms with Crippen molar-refractivity contribution in [1.29, 1.82) is 0 Å². The molecule has 0 aromatic heterocycles. The van der Waals surface area contributed by atoms with Crippen LogP contribution in [0.25, 0.3) is 0 Å². The van der Waals surface area contributed by atoms with E-state index in [0.717, 1.165) is 12.8 Å². The van der Waals surface area contributed by atoms with Crippen LogP contribution in [0, 0.1) is 0 Å². The Hall–Kier alpha value is -1.13. The van der Waals surface area contributed by atoms with E-state index in [1.807, 2.05) is 4.90 Å². The maximum Gasteiger partial charge on any atom is 1.00 e. The smallest absolute Gasteiger partial charge is 0.748 e. The number of hydrogen-bond acceptors (Lipinski definition) is 8. The number of rotatable bonds is 13. The van der Waals surface area contributed by atoms with Gasteiger partial charge in [0, 0.05) is 37.0 Å². The van der Waals surface area contributed by atoms with Crippen LogP contribution in [-0.4, -0.2) is 55.8 Å². The first-order valence-corrected chi connectivity index (χ1v) is 10.5. The fourth-order valence-corrected chi connectivity index (χ4v) is 3.10. The van der Waals surface area contributed by atoms with Gasteiger partial charge in [-0.05, 0) is 38.3 Å². The first-order chi connectivity index (χ1) is 12.8. The minimum atomic E-state index is -4.29. The number of phenols is 1. The third-order valence-electron chi connectivity index (χ3n) is 3.94. The van der Waals surface area contributed by atoms with Gasteiger partial charge in [-0.2, -0.15) is 0 Å². The predicted octanol–water partition coefficient (Wildman–Crippen LogP) is -0.926. The number of phenolic OH excluding ortho intramolecular Hbond substituents is 1. The van der Waals surface area contributed by atoms with Crippen LogP contribution in [0.4, 0.5) is 5.69 Å². The maximum atomic E-state index is 11.3. The Morgan fingerprint density at radius 3 is 2.46 bits per heavy atom. The number of esters is 1. The van der Waals surface area contributed by atoms with E-state index in [9.17, 15) is 27.7 Å². The van der Waals surface area contributed by atoms with Crippen LogP contribution in [-0.2, 0) is 19.6 Å². The Balaban J connectivity index is 0.00000729. The van der Waals surface area contributed by atoms with Crippen molar-refractivity contribution in [3.05, 3.63) is 23.8 Å². The van der Waals surface area contributed by atoms with E-state index in [1.165, 1.54) is 12.1 Å². The summed E-state index contributed by atoms with van der Waals surface area (Å²) in [6.45, 7) is 2.99. The minimum Gasteiger partial charge on any atom is -0.748 e. The van der Waals surface area contributed by atoms with E-state index >= 15 is 0 Å². The molecule has 0 amide bonds. The SMILES string of the molecule is CCOC(=O)CCCCCN(CCCS(=O)(=O)[O-])c1ccc(C=O)c(O)c1.[Na+]. The molecule has 0 unspecified atom stereocenters. The van der Waals surface area contributed by atoms with E-state index in [1.54, 1.807) is 13.0 Å². The number of nitrogens with zero attached hydrogens (tertiary/aromatic N) is 1. The molecule has 0 bridgehead atoms. The summed E-state index contributed by atoms with van der Waals surface area (Å²) in [7, 11) is -4.29. The van der Waals surface area contributed by atoms with Crippen LogP contribution in [0.3, 0.4) is 0 Å². The second-order valence-corrected chi connectivity index (χ2v) is 7.60. The molecule has 0 aliphatic heterocycles. The largest absolute Gasteiger partial charge is 1.00 e. The van der Waals surface area contributed by atoms with Crippen LogP contribution in [0.1, 0.15) is 49.4 Å². The van der Waals surface area contributed by atoms with E-state index in [4.69, 9.17) is 4.74 Å². The van der Waals surface area contributed by atoms with Gasteiger partial charge in [0.25, 0.3) is 0 Å². The van der Waals surface area contributed by atoms with Crippen molar-refractivity contribution in [3.63, 3.8) is 0 Å². The molecular formula is C18H26NNaO7S. The molecule has 10 heteroatoms. The molecule has 28 heavy (non-hydrogen) atoms. The summed E-state index contributed by atoms with van der Waals surface area (Å²) in [5.41, 5.74) is 0.794. The molecule has 0 aliphatic rings. The Labute approximate surface area is 188 Å². The number of aldehydes is 1. The number of unbranched alkanes of at least 4 members (excludes halogenated alkanes) is 2. The summed E-state index contributed by atoms with van der Waals surface area (Å²) in [6, 6.07) is 4.58. The first-order valence-electron chi connectivity index (χ1n) is 8.89. The van der Waals surface area contributed by atoms with Crippen LogP contribution in [0.2, 0.25) is 0 Å². The van der Waals surface area contributed by atoms with Gasteiger partial charge in [-0.1, -0.05) is 6.42 Å². The normalized spacial score (nSPS) is 10.8. The summed E-state index contributed by atoms with van der Waals surface area (Å²) in [6.07, 6.45) is 3.23.